The lowest BCUT2D eigenvalue weighted by Gasteiger charge is -1.98. The Morgan fingerprint density at radius 3 is 2.81 bits per heavy atom. The van der Waals surface area contributed by atoms with Gasteiger partial charge < -0.3 is 4.42 Å². The summed E-state index contributed by atoms with van der Waals surface area (Å²) in [6.07, 6.45) is 0.599. The maximum absolute atomic E-state index is 5.61. The molecule has 1 aromatic heterocycles. The number of aryl methyl sites for hydroxylation is 2. The van der Waals surface area contributed by atoms with Crippen LogP contribution in [0.1, 0.15) is 11.5 Å². The fraction of sp³-hybridized carbons (Fsp3) is 0.273. The highest BCUT2D eigenvalue weighted by molar-refractivity contribution is 9.10. The van der Waals surface area contributed by atoms with Gasteiger partial charge >= 0.3 is 0 Å². The van der Waals surface area contributed by atoms with E-state index >= 15 is 0 Å². The molecule has 0 unspecified atom stereocenters. The van der Waals surface area contributed by atoms with Crippen LogP contribution in [0.2, 0.25) is 0 Å². The van der Waals surface area contributed by atoms with Gasteiger partial charge in [0.2, 0.25) is 11.8 Å². The molecule has 2 aromatic rings. The second-order valence-corrected chi connectivity index (χ2v) is 4.75. The number of hydrogen-bond acceptors (Lipinski definition) is 3. The predicted octanol–water partition coefficient (Wildman–Crippen LogP) is 3.59. The first-order valence-corrected chi connectivity index (χ1v) is 6.17. The summed E-state index contributed by atoms with van der Waals surface area (Å²) in [5.41, 5.74) is 2.06. The van der Waals surface area contributed by atoms with Gasteiger partial charge in [0, 0.05) is 22.3 Å². The van der Waals surface area contributed by atoms with Gasteiger partial charge in [-0.15, -0.1) is 21.8 Å². The average molecular weight is 302 g/mol. The van der Waals surface area contributed by atoms with Crippen LogP contribution in [0, 0.1) is 6.92 Å². The molecule has 0 amide bonds. The third kappa shape index (κ3) is 2.62. The maximum Gasteiger partial charge on any atom is 0.247 e. The normalized spacial score (nSPS) is 10.7. The van der Waals surface area contributed by atoms with E-state index in [0.29, 0.717) is 24.1 Å². The molecule has 0 aliphatic heterocycles. The first kappa shape index (κ1) is 11.6. The van der Waals surface area contributed by atoms with Crippen molar-refractivity contribution >= 4 is 27.5 Å². The molecule has 0 spiro atoms. The molecule has 2 rings (SSSR count). The van der Waals surface area contributed by atoms with E-state index in [1.165, 1.54) is 0 Å². The number of hydrogen-bond donors (Lipinski definition) is 0. The van der Waals surface area contributed by atoms with Crippen molar-refractivity contribution in [2.75, 3.05) is 5.88 Å². The van der Waals surface area contributed by atoms with Crippen molar-refractivity contribution < 1.29 is 4.42 Å². The molecule has 0 fully saturated rings. The topological polar surface area (TPSA) is 38.9 Å². The summed E-state index contributed by atoms with van der Waals surface area (Å²) in [5.74, 6) is 1.59. The molecule has 0 atom stereocenters. The summed E-state index contributed by atoms with van der Waals surface area (Å²) >= 11 is 9.04. The highest BCUT2D eigenvalue weighted by Crippen LogP contribution is 2.24. The number of alkyl halides is 1. The van der Waals surface area contributed by atoms with Gasteiger partial charge in [-0.1, -0.05) is 15.9 Å². The van der Waals surface area contributed by atoms with Gasteiger partial charge in [0.05, 0.1) is 0 Å². The van der Waals surface area contributed by atoms with Crippen LogP contribution in [-0.2, 0) is 6.42 Å². The van der Waals surface area contributed by atoms with Crippen LogP contribution in [0.5, 0.6) is 0 Å². The lowest BCUT2D eigenvalue weighted by molar-refractivity contribution is 0.513. The zero-order valence-corrected chi connectivity index (χ0v) is 11.0. The fourth-order valence-electron chi connectivity index (χ4n) is 1.41. The number of benzene rings is 1. The monoisotopic (exact) mass is 300 g/mol. The van der Waals surface area contributed by atoms with E-state index in [2.05, 4.69) is 26.1 Å². The van der Waals surface area contributed by atoms with Crippen LogP contribution in [0.3, 0.4) is 0 Å². The van der Waals surface area contributed by atoms with E-state index in [-0.39, 0.29) is 0 Å². The van der Waals surface area contributed by atoms with Crippen molar-refractivity contribution in [3.05, 3.63) is 34.1 Å². The second-order valence-electron chi connectivity index (χ2n) is 3.46. The number of halogens is 2. The molecule has 1 aromatic carbocycles. The maximum atomic E-state index is 5.61. The molecule has 0 bridgehead atoms. The Hall–Kier alpha value is -0.870. The molecule has 84 valence electrons. The molecule has 0 saturated carbocycles. The minimum Gasteiger partial charge on any atom is -0.421 e. The van der Waals surface area contributed by atoms with E-state index in [9.17, 15) is 0 Å². The molecular formula is C11H10BrClN2O. The third-order valence-electron chi connectivity index (χ3n) is 2.06. The summed E-state index contributed by atoms with van der Waals surface area (Å²) in [6, 6.07) is 5.98. The number of aromatic nitrogens is 2. The summed E-state index contributed by atoms with van der Waals surface area (Å²) < 4.78 is 6.49. The second kappa shape index (κ2) is 4.97. The molecule has 0 N–H and O–H groups in total. The number of rotatable bonds is 3. The van der Waals surface area contributed by atoms with Gasteiger partial charge in [0.25, 0.3) is 0 Å². The summed E-state index contributed by atoms with van der Waals surface area (Å²) in [4.78, 5) is 0. The number of nitrogens with zero attached hydrogens (tertiary/aromatic N) is 2. The highest BCUT2D eigenvalue weighted by atomic mass is 79.9. The van der Waals surface area contributed by atoms with E-state index in [1.54, 1.807) is 0 Å². The van der Waals surface area contributed by atoms with Gasteiger partial charge in [0.15, 0.2) is 0 Å². The highest BCUT2D eigenvalue weighted by Gasteiger charge is 2.08. The molecule has 3 nitrogen and oxygen atoms in total. The standard InChI is InChI=1S/C11H10BrClN2O/c1-7-4-8(6-9(12)5-7)11-15-14-10(16-11)2-3-13/h4-6H,2-3H2,1H3. The molecule has 16 heavy (non-hydrogen) atoms. The smallest absolute Gasteiger partial charge is 0.247 e. The van der Waals surface area contributed by atoms with Crippen molar-refractivity contribution in [3.63, 3.8) is 0 Å². The molecule has 0 saturated heterocycles. The van der Waals surface area contributed by atoms with Gasteiger partial charge in [0.1, 0.15) is 0 Å². The molecule has 1 heterocycles. The van der Waals surface area contributed by atoms with E-state index in [1.807, 2.05) is 25.1 Å². The summed E-state index contributed by atoms with van der Waals surface area (Å²) in [6.45, 7) is 2.02. The van der Waals surface area contributed by atoms with Crippen LogP contribution < -0.4 is 0 Å². The zero-order chi connectivity index (χ0) is 11.5. The zero-order valence-electron chi connectivity index (χ0n) is 8.70. The SMILES string of the molecule is Cc1cc(Br)cc(-c2nnc(CCCl)o2)c1. The van der Waals surface area contributed by atoms with Crippen LogP contribution >= 0.6 is 27.5 Å². The minimum absolute atomic E-state index is 0.485. The molecule has 0 aliphatic carbocycles. The first-order valence-electron chi connectivity index (χ1n) is 4.85. The Labute approximate surface area is 107 Å². The average Bonchev–Trinajstić information content (AvgIpc) is 2.65. The molecular weight excluding hydrogens is 291 g/mol. The van der Waals surface area contributed by atoms with Crippen molar-refractivity contribution in [1.29, 1.82) is 0 Å². The van der Waals surface area contributed by atoms with Gasteiger partial charge in [-0.2, -0.15) is 0 Å². The van der Waals surface area contributed by atoms with Crippen molar-refractivity contribution in [2.24, 2.45) is 0 Å². The Balaban J connectivity index is 2.34. The van der Waals surface area contributed by atoms with Crippen LogP contribution in [0.25, 0.3) is 11.5 Å². The van der Waals surface area contributed by atoms with E-state index in [4.69, 9.17) is 16.0 Å². The first-order chi connectivity index (χ1) is 7.69. The van der Waals surface area contributed by atoms with Gasteiger partial charge in [-0.25, -0.2) is 0 Å². The Bertz CT molecular complexity index is 478. The van der Waals surface area contributed by atoms with Gasteiger partial charge in [-0.05, 0) is 30.7 Å². The fourth-order valence-corrected chi connectivity index (χ4v) is 2.18. The summed E-state index contributed by atoms with van der Waals surface area (Å²) in [5, 5.41) is 7.92. The Kier molecular flexibility index (Phi) is 3.61. The third-order valence-corrected chi connectivity index (χ3v) is 2.71. The quantitative estimate of drug-likeness (QED) is 0.813. The van der Waals surface area contributed by atoms with Crippen molar-refractivity contribution in [3.8, 4) is 11.5 Å². The molecule has 5 heteroatoms. The Morgan fingerprint density at radius 1 is 1.31 bits per heavy atom. The predicted molar refractivity (Wildman–Crippen MR) is 66.6 cm³/mol. The van der Waals surface area contributed by atoms with Crippen LogP contribution in [0.4, 0.5) is 0 Å². The van der Waals surface area contributed by atoms with Crippen molar-refractivity contribution in [1.82, 2.24) is 10.2 Å². The van der Waals surface area contributed by atoms with Crippen molar-refractivity contribution in [2.45, 2.75) is 13.3 Å². The lowest BCUT2D eigenvalue weighted by atomic mass is 10.1. The minimum atomic E-state index is 0.485. The lowest BCUT2D eigenvalue weighted by Crippen LogP contribution is -1.84. The Morgan fingerprint density at radius 2 is 2.12 bits per heavy atom. The molecule has 0 radical (unpaired) electrons. The van der Waals surface area contributed by atoms with Crippen LogP contribution in [0.15, 0.2) is 27.1 Å². The van der Waals surface area contributed by atoms with E-state index < -0.39 is 0 Å². The largest absolute Gasteiger partial charge is 0.421 e. The van der Waals surface area contributed by atoms with Gasteiger partial charge in [-0.3, -0.25) is 0 Å². The summed E-state index contributed by atoms with van der Waals surface area (Å²) in [7, 11) is 0. The van der Waals surface area contributed by atoms with Crippen LogP contribution in [-0.4, -0.2) is 16.1 Å². The van der Waals surface area contributed by atoms with E-state index in [0.717, 1.165) is 15.6 Å². The molecule has 0 aliphatic rings.